The van der Waals surface area contributed by atoms with Crippen LogP contribution >= 0.6 is 11.6 Å². The van der Waals surface area contributed by atoms with Gasteiger partial charge in [-0.3, -0.25) is 4.79 Å². The number of para-hydroxylation sites is 2. The summed E-state index contributed by atoms with van der Waals surface area (Å²) in [5.74, 6) is -0.101. The summed E-state index contributed by atoms with van der Waals surface area (Å²) in [6.45, 7) is 4.37. The molecule has 4 heteroatoms. The molecule has 0 bridgehead atoms. The van der Waals surface area contributed by atoms with Gasteiger partial charge in [0.25, 0.3) is 5.91 Å². The summed E-state index contributed by atoms with van der Waals surface area (Å²) in [7, 11) is 0. The van der Waals surface area contributed by atoms with Gasteiger partial charge in [-0.1, -0.05) is 23.7 Å². The van der Waals surface area contributed by atoms with Crippen LogP contribution in [0.4, 0.5) is 11.4 Å². The lowest BCUT2D eigenvalue weighted by Gasteiger charge is -2.23. The van der Waals surface area contributed by atoms with Gasteiger partial charge in [0.2, 0.25) is 0 Å². The van der Waals surface area contributed by atoms with E-state index < -0.39 is 0 Å². The first kappa shape index (κ1) is 14.4. The van der Waals surface area contributed by atoms with E-state index in [2.05, 4.69) is 0 Å². The Hall–Kier alpha value is -2.00. The van der Waals surface area contributed by atoms with Crippen LogP contribution in [0.25, 0.3) is 0 Å². The molecule has 20 heavy (non-hydrogen) atoms. The summed E-state index contributed by atoms with van der Waals surface area (Å²) in [4.78, 5) is 14.3. The fourth-order valence-corrected chi connectivity index (χ4v) is 2.46. The molecule has 0 aliphatic heterocycles. The fourth-order valence-electron chi connectivity index (χ4n) is 2.17. The molecule has 0 aliphatic carbocycles. The lowest BCUT2D eigenvalue weighted by molar-refractivity contribution is 0.0988. The van der Waals surface area contributed by atoms with E-state index in [-0.39, 0.29) is 5.91 Å². The Morgan fingerprint density at radius 1 is 1.25 bits per heavy atom. The zero-order valence-electron chi connectivity index (χ0n) is 11.6. The maximum Gasteiger partial charge on any atom is 0.258 e. The van der Waals surface area contributed by atoms with E-state index in [9.17, 15) is 4.79 Å². The van der Waals surface area contributed by atoms with Gasteiger partial charge in [-0.25, -0.2) is 0 Å². The van der Waals surface area contributed by atoms with Gasteiger partial charge in [0.1, 0.15) is 0 Å². The predicted octanol–water partition coefficient (Wildman–Crippen LogP) is 3.90. The minimum absolute atomic E-state index is 0.101. The third-order valence-electron chi connectivity index (χ3n) is 3.08. The van der Waals surface area contributed by atoms with Crippen LogP contribution in [0.2, 0.25) is 5.02 Å². The largest absolute Gasteiger partial charge is 0.397 e. The summed E-state index contributed by atoms with van der Waals surface area (Å²) < 4.78 is 0. The van der Waals surface area contributed by atoms with Gasteiger partial charge in [-0.15, -0.1) is 0 Å². The maximum absolute atomic E-state index is 12.6. The molecule has 3 nitrogen and oxygen atoms in total. The molecule has 2 N–H and O–H groups in total. The average molecular weight is 289 g/mol. The monoisotopic (exact) mass is 288 g/mol. The number of nitrogen functional groups attached to an aromatic ring is 1. The topological polar surface area (TPSA) is 46.3 Å². The zero-order valence-corrected chi connectivity index (χ0v) is 12.3. The number of carbonyl (C=O) groups excluding carboxylic acids is 1. The Morgan fingerprint density at radius 2 is 1.95 bits per heavy atom. The van der Waals surface area contributed by atoms with Crippen molar-refractivity contribution in [2.24, 2.45) is 0 Å². The number of nitrogens with two attached hydrogens (primary N) is 1. The van der Waals surface area contributed by atoms with Crippen LogP contribution in [0.1, 0.15) is 22.8 Å². The van der Waals surface area contributed by atoms with E-state index >= 15 is 0 Å². The number of nitrogens with zero attached hydrogens (tertiary/aromatic N) is 1. The van der Waals surface area contributed by atoms with Crippen LogP contribution in [0.15, 0.2) is 42.5 Å². The number of halogens is 1. The number of benzene rings is 2. The first-order valence-corrected chi connectivity index (χ1v) is 6.84. The number of rotatable bonds is 3. The molecular formula is C16H17ClN2O. The molecule has 0 saturated heterocycles. The molecule has 104 valence electrons. The van der Waals surface area contributed by atoms with Crippen LogP contribution in [0.5, 0.6) is 0 Å². The smallest absolute Gasteiger partial charge is 0.258 e. The highest BCUT2D eigenvalue weighted by Gasteiger charge is 2.18. The quantitative estimate of drug-likeness (QED) is 0.871. The average Bonchev–Trinajstić information content (AvgIpc) is 2.40. The summed E-state index contributed by atoms with van der Waals surface area (Å²) in [5, 5.41) is 0.561. The minimum atomic E-state index is -0.101. The van der Waals surface area contributed by atoms with Gasteiger partial charge in [0.15, 0.2) is 0 Å². The van der Waals surface area contributed by atoms with Crippen molar-refractivity contribution in [2.75, 3.05) is 17.2 Å². The summed E-state index contributed by atoms with van der Waals surface area (Å²) in [6.07, 6.45) is 0. The highest BCUT2D eigenvalue weighted by molar-refractivity contribution is 6.31. The number of carbonyl (C=O) groups is 1. The standard InChI is InChI=1S/C16H17ClN2O/c1-3-19(15-7-5-4-6-14(15)18)16(20)12-8-11(2)9-13(17)10-12/h4-10H,3,18H2,1-2H3. The second-order valence-corrected chi connectivity index (χ2v) is 5.06. The van der Waals surface area contributed by atoms with Crippen LogP contribution in [-0.4, -0.2) is 12.5 Å². The molecule has 0 saturated carbocycles. The van der Waals surface area contributed by atoms with Crippen molar-refractivity contribution >= 4 is 28.9 Å². The molecule has 0 heterocycles. The number of hydrogen-bond donors (Lipinski definition) is 1. The van der Waals surface area contributed by atoms with E-state index in [1.165, 1.54) is 0 Å². The molecule has 0 aliphatic rings. The van der Waals surface area contributed by atoms with Crippen molar-refractivity contribution in [3.8, 4) is 0 Å². The third-order valence-corrected chi connectivity index (χ3v) is 3.30. The van der Waals surface area contributed by atoms with Crippen LogP contribution in [-0.2, 0) is 0 Å². The molecule has 0 spiro atoms. The van der Waals surface area contributed by atoms with E-state index in [1.807, 2.05) is 44.2 Å². The molecule has 2 rings (SSSR count). The lowest BCUT2D eigenvalue weighted by atomic mass is 10.1. The van der Waals surface area contributed by atoms with E-state index in [0.29, 0.717) is 22.8 Å². The van der Waals surface area contributed by atoms with Gasteiger partial charge in [0, 0.05) is 17.1 Å². The van der Waals surface area contributed by atoms with Crippen molar-refractivity contribution in [3.63, 3.8) is 0 Å². The minimum Gasteiger partial charge on any atom is -0.397 e. The normalized spacial score (nSPS) is 10.3. The maximum atomic E-state index is 12.6. The lowest BCUT2D eigenvalue weighted by Crippen LogP contribution is -2.31. The Morgan fingerprint density at radius 3 is 2.55 bits per heavy atom. The van der Waals surface area contributed by atoms with Gasteiger partial charge in [-0.2, -0.15) is 0 Å². The van der Waals surface area contributed by atoms with Crippen LogP contribution < -0.4 is 10.6 Å². The second kappa shape index (κ2) is 5.97. The molecule has 1 amide bonds. The van der Waals surface area contributed by atoms with Gasteiger partial charge in [0.05, 0.1) is 11.4 Å². The van der Waals surface area contributed by atoms with Gasteiger partial charge < -0.3 is 10.6 Å². The van der Waals surface area contributed by atoms with E-state index in [0.717, 1.165) is 11.3 Å². The second-order valence-electron chi connectivity index (χ2n) is 4.63. The van der Waals surface area contributed by atoms with Crippen molar-refractivity contribution in [3.05, 3.63) is 58.6 Å². The fraction of sp³-hybridized carbons (Fsp3) is 0.188. The number of anilines is 2. The Bertz CT molecular complexity index is 620. The first-order chi connectivity index (χ1) is 9.52. The molecule has 0 atom stereocenters. The number of amides is 1. The zero-order chi connectivity index (χ0) is 14.7. The summed E-state index contributed by atoms with van der Waals surface area (Å²) >= 11 is 6.02. The Kier molecular flexibility index (Phi) is 4.30. The molecule has 0 aromatic heterocycles. The molecule has 0 radical (unpaired) electrons. The molecular weight excluding hydrogens is 272 g/mol. The highest BCUT2D eigenvalue weighted by Crippen LogP contribution is 2.25. The third kappa shape index (κ3) is 2.94. The van der Waals surface area contributed by atoms with E-state index in [1.54, 1.807) is 17.0 Å². The first-order valence-electron chi connectivity index (χ1n) is 6.46. The Balaban J connectivity index is 2.42. The number of aryl methyl sites for hydroxylation is 1. The van der Waals surface area contributed by atoms with Crippen molar-refractivity contribution < 1.29 is 4.79 Å². The van der Waals surface area contributed by atoms with E-state index in [4.69, 9.17) is 17.3 Å². The Labute approximate surface area is 124 Å². The molecule has 2 aromatic rings. The van der Waals surface area contributed by atoms with Crippen LogP contribution in [0.3, 0.4) is 0 Å². The van der Waals surface area contributed by atoms with Crippen molar-refractivity contribution in [1.29, 1.82) is 0 Å². The van der Waals surface area contributed by atoms with Crippen molar-refractivity contribution in [2.45, 2.75) is 13.8 Å². The van der Waals surface area contributed by atoms with Crippen molar-refractivity contribution in [1.82, 2.24) is 0 Å². The molecule has 0 unspecified atom stereocenters. The molecule has 2 aromatic carbocycles. The van der Waals surface area contributed by atoms with Crippen LogP contribution in [0, 0.1) is 6.92 Å². The number of hydrogen-bond acceptors (Lipinski definition) is 2. The highest BCUT2D eigenvalue weighted by atomic mass is 35.5. The van der Waals surface area contributed by atoms with Gasteiger partial charge >= 0.3 is 0 Å². The molecule has 0 fully saturated rings. The SMILES string of the molecule is CCN(C(=O)c1cc(C)cc(Cl)c1)c1ccccc1N. The predicted molar refractivity (Wildman–Crippen MR) is 84.4 cm³/mol. The summed E-state index contributed by atoms with van der Waals surface area (Å²) in [5.41, 5.74) is 8.78. The van der Waals surface area contributed by atoms with Gasteiger partial charge in [-0.05, 0) is 49.7 Å². The summed E-state index contributed by atoms with van der Waals surface area (Å²) in [6, 6.07) is 12.7.